The first-order valence-corrected chi connectivity index (χ1v) is 9.04. The molecule has 1 saturated heterocycles. The van der Waals surface area contributed by atoms with Gasteiger partial charge in [-0.25, -0.2) is 0 Å². The molecule has 4 rings (SSSR count). The number of piperazine rings is 1. The van der Waals surface area contributed by atoms with E-state index >= 15 is 0 Å². The number of H-pyrrole nitrogens is 1. The normalized spacial score (nSPS) is 14.2. The van der Waals surface area contributed by atoms with Gasteiger partial charge in [-0.1, -0.05) is 29.8 Å². The van der Waals surface area contributed by atoms with Gasteiger partial charge in [0.25, 0.3) is 5.91 Å². The number of carbonyl (C=O) groups excluding carboxylic acids is 1. The van der Waals surface area contributed by atoms with Crippen molar-refractivity contribution in [2.75, 3.05) is 36.4 Å². The number of carbonyl (C=O) groups is 1. The Morgan fingerprint density at radius 3 is 2.70 bits per heavy atom. The van der Waals surface area contributed by atoms with Crippen molar-refractivity contribution < 1.29 is 4.79 Å². The summed E-state index contributed by atoms with van der Waals surface area (Å²) in [4.78, 5) is 19.1. The number of nitrogens with zero attached hydrogens (tertiary/aromatic N) is 3. The zero-order valence-electron chi connectivity index (χ0n) is 15.2. The van der Waals surface area contributed by atoms with Gasteiger partial charge in [0, 0.05) is 37.9 Å². The van der Waals surface area contributed by atoms with Crippen LogP contribution in [0.25, 0.3) is 11.3 Å². The molecule has 3 aromatic rings. The van der Waals surface area contributed by atoms with E-state index in [1.54, 1.807) is 18.5 Å². The van der Waals surface area contributed by atoms with E-state index in [4.69, 9.17) is 0 Å². The van der Waals surface area contributed by atoms with Crippen LogP contribution in [0.1, 0.15) is 16.1 Å². The first-order valence-electron chi connectivity index (χ1n) is 9.04. The van der Waals surface area contributed by atoms with Crippen molar-refractivity contribution in [3.05, 3.63) is 60.0 Å². The largest absolute Gasteiger partial charge is 0.367 e. The number of aromatic amines is 1. The minimum Gasteiger partial charge on any atom is -0.367 e. The fourth-order valence-electron chi connectivity index (χ4n) is 3.16. The van der Waals surface area contributed by atoms with Crippen LogP contribution in [0, 0.1) is 6.92 Å². The van der Waals surface area contributed by atoms with Crippen LogP contribution in [0.3, 0.4) is 0 Å². The second-order valence-electron chi connectivity index (χ2n) is 6.62. The van der Waals surface area contributed by atoms with Crippen molar-refractivity contribution in [3.8, 4) is 11.3 Å². The first kappa shape index (κ1) is 17.2. The Labute approximate surface area is 157 Å². The number of rotatable bonds is 4. The monoisotopic (exact) mass is 362 g/mol. The Balaban J connectivity index is 1.52. The molecule has 0 atom stereocenters. The Hall–Kier alpha value is -3.19. The number of nitrogens with one attached hydrogen (secondary N) is 3. The third-order valence-electron chi connectivity index (χ3n) is 4.67. The lowest BCUT2D eigenvalue weighted by Crippen LogP contribution is -2.43. The van der Waals surface area contributed by atoms with Gasteiger partial charge in [-0.3, -0.25) is 14.9 Å². The molecule has 27 heavy (non-hydrogen) atoms. The van der Waals surface area contributed by atoms with E-state index in [9.17, 15) is 4.79 Å². The third-order valence-corrected chi connectivity index (χ3v) is 4.67. The van der Waals surface area contributed by atoms with Crippen molar-refractivity contribution >= 4 is 17.3 Å². The van der Waals surface area contributed by atoms with Crippen LogP contribution in [0.5, 0.6) is 0 Å². The van der Waals surface area contributed by atoms with Crippen LogP contribution >= 0.6 is 0 Å². The molecule has 1 amide bonds. The highest BCUT2D eigenvalue weighted by molar-refractivity contribution is 6.05. The van der Waals surface area contributed by atoms with Crippen molar-refractivity contribution in [1.29, 1.82) is 0 Å². The molecular weight excluding hydrogens is 340 g/mol. The Morgan fingerprint density at radius 2 is 1.93 bits per heavy atom. The van der Waals surface area contributed by atoms with Crippen molar-refractivity contribution in [3.63, 3.8) is 0 Å². The molecule has 3 heterocycles. The van der Waals surface area contributed by atoms with Crippen molar-refractivity contribution in [2.24, 2.45) is 0 Å². The van der Waals surface area contributed by atoms with Crippen LogP contribution < -0.4 is 15.5 Å². The highest BCUT2D eigenvalue weighted by atomic mass is 16.1. The number of amides is 1. The molecule has 138 valence electrons. The second kappa shape index (κ2) is 7.59. The highest BCUT2D eigenvalue weighted by Gasteiger charge is 2.17. The average molecular weight is 362 g/mol. The highest BCUT2D eigenvalue weighted by Crippen LogP contribution is 2.26. The molecule has 0 spiro atoms. The molecule has 0 radical (unpaired) electrons. The van der Waals surface area contributed by atoms with Crippen LogP contribution in [0.15, 0.2) is 48.8 Å². The van der Waals surface area contributed by atoms with Gasteiger partial charge in [0.1, 0.15) is 5.69 Å². The van der Waals surface area contributed by atoms with Crippen LogP contribution in [-0.4, -0.2) is 47.3 Å². The molecule has 0 saturated carbocycles. The number of aryl methyl sites for hydroxylation is 1. The van der Waals surface area contributed by atoms with E-state index in [0.29, 0.717) is 11.4 Å². The summed E-state index contributed by atoms with van der Waals surface area (Å²) in [7, 11) is 0. The molecular formula is C20H22N6O. The summed E-state index contributed by atoms with van der Waals surface area (Å²) in [6, 6.07) is 11.7. The smallest absolute Gasteiger partial charge is 0.273 e. The predicted molar refractivity (Wildman–Crippen MR) is 106 cm³/mol. The van der Waals surface area contributed by atoms with E-state index in [1.165, 1.54) is 5.56 Å². The molecule has 7 heteroatoms. The lowest BCUT2D eigenvalue weighted by atomic mass is 10.1. The Bertz CT molecular complexity index is 928. The zero-order chi connectivity index (χ0) is 18.6. The number of anilines is 2. The molecule has 7 nitrogen and oxygen atoms in total. The van der Waals surface area contributed by atoms with E-state index < -0.39 is 0 Å². The fourth-order valence-corrected chi connectivity index (χ4v) is 3.16. The summed E-state index contributed by atoms with van der Waals surface area (Å²) in [5, 5.41) is 13.4. The summed E-state index contributed by atoms with van der Waals surface area (Å²) >= 11 is 0. The Morgan fingerprint density at radius 1 is 1.15 bits per heavy atom. The SMILES string of the molecule is Cc1ccc(-c2cc(C(=O)Nc3cnccc3N3CCNCC3)[nH]n2)cc1. The van der Waals surface area contributed by atoms with Gasteiger partial charge < -0.3 is 15.5 Å². The van der Waals surface area contributed by atoms with Gasteiger partial charge in [-0.05, 0) is 19.1 Å². The predicted octanol–water partition coefficient (Wildman–Crippen LogP) is 2.44. The van der Waals surface area contributed by atoms with Gasteiger partial charge in [0.15, 0.2) is 0 Å². The zero-order valence-corrected chi connectivity index (χ0v) is 15.2. The molecule has 1 aliphatic heterocycles. The van der Waals surface area contributed by atoms with Crippen LogP contribution in [0.2, 0.25) is 0 Å². The van der Waals surface area contributed by atoms with Crippen molar-refractivity contribution in [2.45, 2.75) is 6.92 Å². The van der Waals surface area contributed by atoms with E-state index in [1.807, 2.05) is 37.3 Å². The average Bonchev–Trinajstić information content (AvgIpc) is 3.20. The molecule has 0 aliphatic carbocycles. The van der Waals surface area contributed by atoms with Gasteiger partial charge in [-0.2, -0.15) is 5.10 Å². The minimum atomic E-state index is -0.231. The van der Waals surface area contributed by atoms with Gasteiger partial charge in [-0.15, -0.1) is 0 Å². The van der Waals surface area contributed by atoms with Crippen LogP contribution in [-0.2, 0) is 0 Å². The molecule has 3 N–H and O–H groups in total. The molecule has 1 aliphatic rings. The standard InChI is InChI=1S/C20H22N6O/c1-14-2-4-15(5-3-14)16-12-17(25-24-16)20(27)23-18-13-22-7-6-19(18)26-10-8-21-9-11-26/h2-7,12-13,21H,8-11H2,1H3,(H,23,27)(H,24,25). The minimum absolute atomic E-state index is 0.231. The van der Waals surface area contributed by atoms with Gasteiger partial charge >= 0.3 is 0 Å². The molecule has 1 aromatic carbocycles. The summed E-state index contributed by atoms with van der Waals surface area (Å²) in [6.07, 6.45) is 3.44. The maximum atomic E-state index is 12.7. The maximum absolute atomic E-state index is 12.7. The molecule has 1 fully saturated rings. The second-order valence-corrected chi connectivity index (χ2v) is 6.62. The van der Waals surface area contributed by atoms with Crippen LogP contribution in [0.4, 0.5) is 11.4 Å². The number of hydrogen-bond donors (Lipinski definition) is 3. The fraction of sp³-hybridized carbons (Fsp3) is 0.250. The molecule has 0 bridgehead atoms. The Kier molecular flexibility index (Phi) is 4.84. The van der Waals surface area contributed by atoms with E-state index in [2.05, 4.69) is 30.7 Å². The van der Waals surface area contributed by atoms with E-state index in [-0.39, 0.29) is 5.91 Å². The molecule has 0 unspecified atom stereocenters. The summed E-state index contributed by atoms with van der Waals surface area (Å²) < 4.78 is 0. The summed E-state index contributed by atoms with van der Waals surface area (Å²) in [5.74, 6) is -0.231. The maximum Gasteiger partial charge on any atom is 0.273 e. The van der Waals surface area contributed by atoms with E-state index in [0.717, 1.165) is 43.1 Å². The first-order chi connectivity index (χ1) is 13.2. The molecule has 2 aromatic heterocycles. The summed E-state index contributed by atoms with van der Waals surface area (Å²) in [5.41, 5.74) is 5.01. The topological polar surface area (TPSA) is 85.9 Å². The lowest BCUT2D eigenvalue weighted by molar-refractivity contribution is 0.102. The number of benzene rings is 1. The number of hydrogen-bond acceptors (Lipinski definition) is 5. The number of pyridine rings is 1. The van der Waals surface area contributed by atoms with Gasteiger partial charge in [0.05, 0.1) is 23.3 Å². The van der Waals surface area contributed by atoms with Crippen molar-refractivity contribution in [1.82, 2.24) is 20.5 Å². The van der Waals surface area contributed by atoms with Gasteiger partial charge in [0.2, 0.25) is 0 Å². The summed E-state index contributed by atoms with van der Waals surface area (Å²) in [6.45, 7) is 5.69. The quantitative estimate of drug-likeness (QED) is 0.664. The number of aromatic nitrogens is 3. The lowest BCUT2D eigenvalue weighted by Gasteiger charge is -2.30. The third kappa shape index (κ3) is 3.83.